The predicted molar refractivity (Wildman–Crippen MR) is 96.0 cm³/mol. The SMILES string of the molecule is NCCCCCC(=O)CCCCCCCCCNCCCN. The van der Waals surface area contributed by atoms with Gasteiger partial charge in [0, 0.05) is 12.8 Å². The van der Waals surface area contributed by atoms with Gasteiger partial charge in [0.15, 0.2) is 0 Å². The maximum Gasteiger partial charge on any atom is 0.132 e. The van der Waals surface area contributed by atoms with E-state index in [9.17, 15) is 4.79 Å². The Labute approximate surface area is 137 Å². The van der Waals surface area contributed by atoms with Gasteiger partial charge in [-0.3, -0.25) is 4.79 Å². The van der Waals surface area contributed by atoms with Crippen LogP contribution < -0.4 is 16.8 Å². The standard InChI is InChI=1S/C18H39N3O/c19-14-9-6-8-13-18(22)12-7-4-2-1-3-5-10-16-21-17-11-15-20/h21H,1-17,19-20H2. The Balaban J connectivity index is 3.08. The largest absolute Gasteiger partial charge is 0.330 e. The van der Waals surface area contributed by atoms with Gasteiger partial charge in [-0.25, -0.2) is 0 Å². The van der Waals surface area contributed by atoms with E-state index >= 15 is 0 Å². The highest BCUT2D eigenvalue weighted by atomic mass is 16.1. The molecule has 0 atom stereocenters. The first-order chi connectivity index (χ1) is 10.8. The molecule has 0 aromatic carbocycles. The highest BCUT2D eigenvalue weighted by molar-refractivity contribution is 5.78. The minimum atomic E-state index is 0.445. The second-order valence-corrected chi connectivity index (χ2v) is 6.26. The molecule has 132 valence electrons. The van der Waals surface area contributed by atoms with Gasteiger partial charge in [0.05, 0.1) is 0 Å². The molecule has 0 rings (SSSR count). The molecule has 4 nitrogen and oxygen atoms in total. The second-order valence-electron chi connectivity index (χ2n) is 6.26. The molecule has 0 saturated heterocycles. The van der Waals surface area contributed by atoms with Crippen LogP contribution in [0.1, 0.15) is 83.5 Å². The molecule has 0 amide bonds. The van der Waals surface area contributed by atoms with Gasteiger partial charge in [0.2, 0.25) is 0 Å². The summed E-state index contributed by atoms with van der Waals surface area (Å²) in [4.78, 5) is 11.6. The number of rotatable bonds is 18. The van der Waals surface area contributed by atoms with E-state index in [0.717, 1.165) is 71.1 Å². The number of nitrogens with one attached hydrogen (secondary N) is 1. The summed E-state index contributed by atoms with van der Waals surface area (Å²) in [7, 11) is 0. The summed E-state index contributed by atoms with van der Waals surface area (Å²) in [6.07, 6.45) is 14.6. The van der Waals surface area contributed by atoms with Crippen LogP contribution in [0.15, 0.2) is 0 Å². The van der Waals surface area contributed by atoms with Crippen LogP contribution in [0.2, 0.25) is 0 Å². The van der Waals surface area contributed by atoms with Crippen LogP contribution in [0, 0.1) is 0 Å². The van der Waals surface area contributed by atoms with Gasteiger partial charge < -0.3 is 16.8 Å². The first kappa shape index (κ1) is 21.6. The highest BCUT2D eigenvalue weighted by Gasteiger charge is 2.01. The third-order valence-electron chi connectivity index (χ3n) is 4.03. The van der Waals surface area contributed by atoms with E-state index in [0.29, 0.717) is 5.78 Å². The van der Waals surface area contributed by atoms with Crippen LogP contribution in [0.25, 0.3) is 0 Å². The third kappa shape index (κ3) is 17.6. The molecule has 0 fully saturated rings. The summed E-state index contributed by atoms with van der Waals surface area (Å²) < 4.78 is 0. The van der Waals surface area contributed by atoms with Crippen molar-refractivity contribution in [3.05, 3.63) is 0 Å². The molecular formula is C18H39N3O. The molecule has 0 aliphatic carbocycles. The van der Waals surface area contributed by atoms with Crippen LogP contribution in [-0.2, 0) is 4.79 Å². The molecule has 0 aromatic rings. The van der Waals surface area contributed by atoms with Gasteiger partial charge in [0.25, 0.3) is 0 Å². The number of hydrogen-bond acceptors (Lipinski definition) is 4. The Kier molecular flexibility index (Phi) is 18.2. The first-order valence-corrected chi connectivity index (χ1v) is 9.43. The monoisotopic (exact) mass is 313 g/mol. The number of unbranched alkanes of at least 4 members (excludes halogenated alkanes) is 8. The quantitative estimate of drug-likeness (QED) is 0.340. The minimum Gasteiger partial charge on any atom is -0.330 e. The summed E-state index contributed by atoms with van der Waals surface area (Å²) in [5, 5.41) is 3.41. The van der Waals surface area contributed by atoms with Crippen molar-refractivity contribution in [1.82, 2.24) is 5.32 Å². The Bertz CT molecular complexity index is 234. The van der Waals surface area contributed by atoms with Crippen molar-refractivity contribution in [3.63, 3.8) is 0 Å². The molecule has 0 spiro atoms. The first-order valence-electron chi connectivity index (χ1n) is 9.43. The van der Waals surface area contributed by atoms with Crippen molar-refractivity contribution in [1.29, 1.82) is 0 Å². The number of ketones is 1. The van der Waals surface area contributed by atoms with Crippen LogP contribution >= 0.6 is 0 Å². The Morgan fingerprint density at radius 1 is 0.591 bits per heavy atom. The van der Waals surface area contributed by atoms with Crippen molar-refractivity contribution >= 4 is 5.78 Å². The molecule has 0 unspecified atom stereocenters. The van der Waals surface area contributed by atoms with Crippen molar-refractivity contribution in [2.75, 3.05) is 26.2 Å². The molecule has 0 radical (unpaired) electrons. The number of hydrogen-bond donors (Lipinski definition) is 3. The molecule has 0 aliphatic heterocycles. The Hall–Kier alpha value is -0.450. The Morgan fingerprint density at radius 3 is 1.64 bits per heavy atom. The van der Waals surface area contributed by atoms with Crippen LogP contribution in [0.3, 0.4) is 0 Å². The van der Waals surface area contributed by atoms with E-state index in [2.05, 4.69) is 5.32 Å². The van der Waals surface area contributed by atoms with E-state index in [4.69, 9.17) is 11.5 Å². The van der Waals surface area contributed by atoms with E-state index in [1.54, 1.807) is 0 Å². The maximum absolute atomic E-state index is 11.6. The van der Waals surface area contributed by atoms with E-state index in [1.807, 2.05) is 0 Å². The van der Waals surface area contributed by atoms with Crippen molar-refractivity contribution in [2.45, 2.75) is 83.5 Å². The molecule has 0 saturated carbocycles. The molecule has 0 aromatic heterocycles. The van der Waals surface area contributed by atoms with Gasteiger partial charge in [-0.15, -0.1) is 0 Å². The summed E-state index contributed by atoms with van der Waals surface area (Å²) in [6, 6.07) is 0. The summed E-state index contributed by atoms with van der Waals surface area (Å²) >= 11 is 0. The predicted octanol–water partition coefficient (Wildman–Crippen LogP) is 3.13. The lowest BCUT2D eigenvalue weighted by Gasteiger charge is -2.04. The fraction of sp³-hybridized carbons (Fsp3) is 0.944. The Morgan fingerprint density at radius 2 is 1.05 bits per heavy atom. The molecule has 0 bridgehead atoms. The van der Waals surface area contributed by atoms with Gasteiger partial charge >= 0.3 is 0 Å². The van der Waals surface area contributed by atoms with E-state index < -0.39 is 0 Å². The van der Waals surface area contributed by atoms with Crippen molar-refractivity contribution < 1.29 is 4.79 Å². The number of carbonyl (C=O) groups excluding carboxylic acids is 1. The van der Waals surface area contributed by atoms with E-state index in [-0.39, 0.29) is 0 Å². The van der Waals surface area contributed by atoms with E-state index in [1.165, 1.54) is 38.5 Å². The minimum absolute atomic E-state index is 0.445. The van der Waals surface area contributed by atoms with Crippen LogP contribution in [-0.4, -0.2) is 32.0 Å². The molecule has 22 heavy (non-hydrogen) atoms. The molecule has 4 heteroatoms. The van der Waals surface area contributed by atoms with Crippen LogP contribution in [0.5, 0.6) is 0 Å². The van der Waals surface area contributed by atoms with Gasteiger partial charge in [0.1, 0.15) is 5.78 Å². The summed E-state index contributed by atoms with van der Waals surface area (Å²) in [6.45, 7) is 3.70. The smallest absolute Gasteiger partial charge is 0.132 e. The fourth-order valence-corrected chi connectivity index (χ4v) is 2.58. The zero-order valence-corrected chi connectivity index (χ0v) is 14.6. The van der Waals surface area contributed by atoms with Gasteiger partial charge in [-0.05, 0) is 58.3 Å². The number of Topliss-reactive ketones (excluding diaryl/α,β-unsaturated/α-hetero) is 1. The maximum atomic E-state index is 11.6. The molecule has 0 heterocycles. The lowest BCUT2D eigenvalue weighted by atomic mass is 10.0. The topological polar surface area (TPSA) is 81.1 Å². The normalized spacial score (nSPS) is 11.0. The lowest BCUT2D eigenvalue weighted by Crippen LogP contribution is -2.19. The average Bonchev–Trinajstić information content (AvgIpc) is 2.52. The van der Waals surface area contributed by atoms with Gasteiger partial charge in [-0.1, -0.05) is 38.5 Å². The molecule has 5 N–H and O–H groups in total. The number of carbonyl (C=O) groups is 1. The van der Waals surface area contributed by atoms with Gasteiger partial charge in [-0.2, -0.15) is 0 Å². The molecular weight excluding hydrogens is 274 g/mol. The van der Waals surface area contributed by atoms with Crippen molar-refractivity contribution in [3.8, 4) is 0 Å². The van der Waals surface area contributed by atoms with Crippen LogP contribution in [0.4, 0.5) is 0 Å². The zero-order valence-electron chi connectivity index (χ0n) is 14.6. The number of nitrogens with two attached hydrogens (primary N) is 2. The lowest BCUT2D eigenvalue weighted by molar-refractivity contribution is -0.119. The zero-order chi connectivity index (χ0) is 16.3. The molecule has 0 aliphatic rings. The van der Waals surface area contributed by atoms with Crippen molar-refractivity contribution in [2.24, 2.45) is 11.5 Å². The third-order valence-corrected chi connectivity index (χ3v) is 4.03. The summed E-state index contributed by atoms with van der Waals surface area (Å²) in [5.74, 6) is 0.445. The average molecular weight is 314 g/mol. The second kappa shape index (κ2) is 18.6. The highest BCUT2D eigenvalue weighted by Crippen LogP contribution is 2.10. The fourth-order valence-electron chi connectivity index (χ4n) is 2.58. The summed E-state index contributed by atoms with van der Waals surface area (Å²) in [5.41, 5.74) is 10.9.